The van der Waals surface area contributed by atoms with Crippen LogP contribution in [0.4, 0.5) is 0 Å². The van der Waals surface area contributed by atoms with Crippen molar-refractivity contribution in [2.45, 2.75) is 64.8 Å². The lowest BCUT2D eigenvalue weighted by Gasteiger charge is -2.15. The molecule has 1 heterocycles. The highest BCUT2D eigenvalue weighted by Crippen LogP contribution is 2.23. The lowest BCUT2D eigenvalue weighted by atomic mass is 10.0. The number of benzene rings is 1. The molecule has 0 saturated heterocycles. The van der Waals surface area contributed by atoms with Gasteiger partial charge in [-0.15, -0.1) is 0 Å². The van der Waals surface area contributed by atoms with Crippen molar-refractivity contribution in [3.8, 4) is 0 Å². The molecule has 0 radical (unpaired) electrons. The maximum Gasteiger partial charge on any atom is 0.335 e. The van der Waals surface area contributed by atoms with Crippen LogP contribution in [-0.4, -0.2) is 20.9 Å². The Kier molecular flexibility index (Phi) is 5.99. The van der Waals surface area contributed by atoms with Crippen LogP contribution in [0.5, 0.6) is 0 Å². The van der Waals surface area contributed by atoms with E-state index in [-0.39, 0.29) is 0 Å². The van der Waals surface area contributed by atoms with Gasteiger partial charge >= 0.3 is 5.97 Å². The molecule has 0 bridgehead atoms. The third-order valence-electron chi connectivity index (χ3n) is 4.26. The summed E-state index contributed by atoms with van der Waals surface area (Å²) in [5.41, 5.74) is 1.19. The SMILES string of the molecule is CCCCCCCC(CC)n1cc2cc(C(=O)O)ccc2n1. The fraction of sp³-hybridized carbons (Fsp3) is 0.556. The van der Waals surface area contributed by atoms with Crippen molar-refractivity contribution in [1.82, 2.24) is 9.78 Å². The van der Waals surface area contributed by atoms with Crippen molar-refractivity contribution in [2.24, 2.45) is 0 Å². The Morgan fingerprint density at radius 1 is 1.23 bits per heavy atom. The van der Waals surface area contributed by atoms with Crippen LogP contribution in [0.15, 0.2) is 24.4 Å². The van der Waals surface area contributed by atoms with E-state index in [9.17, 15) is 4.79 Å². The molecule has 1 unspecified atom stereocenters. The molecule has 0 aliphatic heterocycles. The summed E-state index contributed by atoms with van der Waals surface area (Å²) in [6, 6.07) is 5.52. The van der Waals surface area contributed by atoms with E-state index >= 15 is 0 Å². The van der Waals surface area contributed by atoms with E-state index in [0.717, 1.165) is 23.7 Å². The Balaban J connectivity index is 2.05. The number of carboxylic acid groups (broad SMARTS) is 1. The number of hydrogen-bond donors (Lipinski definition) is 1. The van der Waals surface area contributed by atoms with Crippen molar-refractivity contribution < 1.29 is 9.90 Å². The van der Waals surface area contributed by atoms with E-state index in [1.54, 1.807) is 18.2 Å². The van der Waals surface area contributed by atoms with Gasteiger partial charge in [-0.2, -0.15) is 5.10 Å². The van der Waals surface area contributed by atoms with Crippen LogP contribution in [0.1, 0.15) is 75.2 Å². The number of fused-ring (bicyclic) bond motifs is 1. The van der Waals surface area contributed by atoms with E-state index in [2.05, 4.69) is 18.9 Å². The first kappa shape index (κ1) is 16.5. The van der Waals surface area contributed by atoms with Gasteiger partial charge in [0.15, 0.2) is 0 Å². The molecular formula is C18H26N2O2. The van der Waals surface area contributed by atoms with E-state index in [0.29, 0.717) is 11.6 Å². The Bertz CT molecular complexity index is 619. The lowest BCUT2D eigenvalue weighted by Crippen LogP contribution is -2.08. The van der Waals surface area contributed by atoms with Gasteiger partial charge in [-0.05, 0) is 31.0 Å². The largest absolute Gasteiger partial charge is 0.478 e. The number of carbonyl (C=O) groups is 1. The lowest BCUT2D eigenvalue weighted by molar-refractivity contribution is 0.0697. The summed E-state index contributed by atoms with van der Waals surface area (Å²) in [7, 11) is 0. The topological polar surface area (TPSA) is 55.1 Å². The second-order valence-corrected chi connectivity index (χ2v) is 5.95. The molecule has 0 amide bonds. The maximum absolute atomic E-state index is 11.0. The van der Waals surface area contributed by atoms with Gasteiger partial charge in [0, 0.05) is 11.6 Å². The van der Waals surface area contributed by atoms with Crippen molar-refractivity contribution in [3.63, 3.8) is 0 Å². The second-order valence-electron chi connectivity index (χ2n) is 5.95. The first-order valence-corrected chi connectivity index (χ1v) is 8.38. The van der Waals surface area contributed by atoms with E-state index in [1.807, 2.05) is 10.9 Å². The van der Waals surface area contributed by atoms with Crippen LogP contribution in [0.3, 0.4) is 0 Å². The molecule has 22 heavy (non-hydrogen) atoms. The number of hydrogen-bond acceptors (Lipinski definition) is 2. The van der Waals surface area contributed by atoms with Crippen LogP contribution >= 0.6 is 0 Å². The Morgan fingerprint density at radius 2 is 2.00 bits per heavy atom. The molecule has 4 heteroatoms. The molecule has 1 aromatic carbocycles. The summed E-state index contributed by atoms with van der Waals surface area (Å²) in [6.45, 7) is 4.42. The Hall–Kier alpha value is -1.84. The number of rotatable bonds is 9. The molecular weight excluding hydrogens is 276 g/mol. The zero-order valence-corrected chi connectivity index (χ0v) is 13.6. The first-order chi connectivity index (χ1) is 10.7. The van der Waals surface area contributed by atoms with Crippen LogP contribution < -0.4 is 0 Å². The van der Waals surface area contributed by atoms with Crippen LogP contribution in [0, 0.1) is 0 Å². The predicted octanol–water partition coefficient (Wildman–Crippen LogP) is 5.05. The highest BCUT2D eigenvalue weighted by molar-refractivity contribution is 5.93. The standard InChI is InChI=1S/C18H26N2O2/c1-3-5-6-7-8-9-16(4-2)20-13-15-12-14(18(21)22)10-11-17(15)19-20/h10-13,16H,3-9H2,1-2H3,(H,21,22). The summed E-state index contributed by atoms with van der Waals surface area (Å²) < 4.78 is 2.02. The smallest absolute Gasteiger partial charge is 0.335 e. The molecule has 0 spiro atoms. The van der Waals surface area contributed by atoms with Crippen LogP contribution in [-0.2, 0) is 0 Å². The minimum atomic E-state index is -0.891. The summed E-state index contributed by atoms with van der Waals surface area (Å²) in [6.07, 6.45) is 10.6. The first-order valence-electron chi connectivity index (χ1n) is 8.38. The van der Waals surface area contributed by atoms with Gasteiger partial charge in [-0.3, -0.25) is 4.68 Å². The number of unbranched alkanes of at least 4 members (excludes halogenated alkanes) is 4. The summed E-state index contributed by atoms with van der Waals surface area (Å²) in [4.78, 5) is 11.0. The fourth-order valence-corrected chi connectivity index (χ4v) is 2.87. The summed E-state index contributed by atoms with van der Waals surface area (Å²) in [5.74, 6) is -0.891. The summed E-state index contributed by atoms with van der Waals surface area (Å²) in [5, 5.41) is 14.6. The zero-order chi connectivity index (χ0) is 15.9. The van der Waals surface area contributed by atoms with Gasteiger partial charge in [0.05, 0.1) is 17.1 Å². The molecule has 0 aliphatic carbocycles. The molecule has 1 aromatic heterocycles. The van der Waals surface area contributed by atoms with E-state index in [1.165, 1.54) is 32.1 Å². The molecule has 120 valence electrons. The normalized spacial score (nSPS) is 12.6. The highest BCUT2D eigenvalue weighted by atomic mass is 16.4. The molecule has 1 atom stereocenters. The number of aromatic carboxylic acids is 1. The number of nitrogens with zero attached hydrogens (tertiary/aromatic N) is 2. The predicted molar refractivity (Wildman–Crippen MR) is 89.4 cm³/mol. The average molecular weight is 302 g/mol. The number of aromatic nitrogens is 2. The van der Waals surface area contributed by atoms with Crippen molar-refractivity contribution in [2.75, 3.05) is 0 Å². The van der Waals surface area contributed by atoms with Crippen LogP contribution in [0.25, 0.3) is 10.9 Å². The van der Waals surface area contributed by atoms with Gasteiger partial charge in [0.25, 0.3) is 0 Å². The quantitative estimate of drug-likeness (QED) is 0.660. The van der Waals surface area contributed by atoms with Gasteiger partial charge in [-0.25, -0.2) is 4.79 Å². The van der Waals surface area contributed by atoms with Crippen molar-refractivity contribution >= 4 is 16.9 Å². The third-order valence-corrected chi connectivity index (χ3v) is 4.26. The molecule has 4 nitrogen and oxygen atoms in total. The van der Waals surface area contributed by atoms with E-state index < -0.39 is 5.97 Å². The minimum absolute atomic E-state index is 0.319. The molecule has 0 saturated carbocycles. The Morgan fingerprint density at radius 3 is 2.68 bits per heavy atom. The van der Waals surface area contributed by atoms with E-state index in [4.69, 9.17) is 5.11 Å². The van der Waals surface area contributed by atoms with Gasteiger partial charge < -0.3 is 5.11 Å². The van der Waals surface area contributed by atoms with Gasteiger partial charge in [-0.1, -0.05) is 46.0 Å². The maximum atomic E-state index is 11.0. The average Bonchev–Trinajstić information content (AvgIpc) is 2.93. The van der Waals surface area contributed by atoms with Gasteiger partial charge in [0.1, 0.15) is 0 Å². The number of carboxylic acids is 1. The molecule has 2 aromatic rings. The van der Waals surface area contributed by atoms with Gasteiger partial charge in [0.2, 0.25) is 0 Å². The minimum Gasteiger partial charge on any atom is -0.478 e. The summed E-state index contributed by atoms with van der Waals surface area (Å²) >= 11 is 0. The Labute approximate surface area is 132 Å². The molecule has 0 aliphatic rings. The van der Waals surface area contributed by atoms with Crippen LogP contribution in [0.2, 0.25) is 0 Å². The van der Waals surface area contributed by atoms with Crippen molar-refractivity contribution in [3.05, 3.63) is 30.0 Å². The van der Waals surface area contributed by atoms with Crippen molar-refractivity contribution in [1.29, 1.82) is 0 Å². The highest BCUT2D eigenvalue weighted by Gasteiger charge is 2.12. The molecule has 2 rings (SSSR count). The molecule has 0 fully saturated rings. The second kappa shape index (κ2) is 7.97. The molecule has 1 N–H and O–H groups in total. The fourth-order valence-electron chi connectivity index (χ4n) is 2.87. The third kappa shape index (κ3) is 4.09. The monoisotopic (exact) mass is 302 g/mol. The zero-order valence-electron chi connectivity index (χ0n) is 13.6.